The lowest BCUT2D eigenvalue weighted by Gasteiger charge is -2.55. The lowest BCUT2D eigenvalue weighted by atomic mass is 9.64. The van der Waals surface area contributed by atoms with Gasteiger partial charge >= 0.3 is 0 Å². The summed E-state index contributed by atoms with van der Waals surface area (Å²) in [6.45, 7) is 6.08. The number of rotatable bonds is 4. The van der Waals surface area contributed by atoms with Gasteiger partial charge in [-0.05, 0) is 44.7 Å². The number of nitrogens with one attached hydrogen (secondary N) is 1. The minimum atomic E-state index is -0.483. The van der Waals surface area contributed by atoms with Crippen molar-refractivity contribution in [3.63, 3.8) is 0 Å². The van der Waals surface area contributed by atoms with Gasteiger partial charge in [-0.25, -0.2) is 0 Å². The van der Waals surface area contributed by atoms with Crippen LogP contribution >= 0.6 is 11.3 Å². The van der Waals surface area contributed by atoms with E-state index in [9.17, 15) is 9.59 Å². The molecule has 1 saturated carbocycles. The minimum absolute atomic E-state index is 0.0626. The predicted octanol–water partition coefficient (Wildman–Crippen LogP) is 4.53. The van der Waals surface area contributed by atoms with Crippen molar-refractivity contribution < 1.29 is 9.59 Å². The number of aromatic nitrogens is 2. The normalized spacial score (nSPS) is 21.7. The minimum Gasteiger partial charge on any atom is -0.329 e. The van der Waals surface area contributed by atoms with Crippen LogP contribution in [0.25, 0.3) is 0 Å². The van der Waals surface area contributed by atoms with Crippen molar-refractivity contribution in [3.8, 4) is 0 Å². The summed E-state index contributed by atoms with van der Waals surface area (Å²) < 4.78 is 0. The van der Waals surface area contributed by atoms with Gasteiger partial charge in [-0.2, -0.15) is 0 Å². The van der Waals surface area contributed by atoms with E-state index in [1.165, 1.54) is 11.3 Å². The van der Waals surface area contributed by atoms with Gasteiger partial charge in [-0.3, -0.25) is 14.9 Å². The molecule has 2 amide bonds. The molecule has 7 heteroatoms. The van der Waals surface area contributed by atoms with Crippen LogP contribution in [0.2, 0.25) is 0 Å². The van der Waals surface area contributed by atoms with Gasteiger partial charge in [0, 0.05) is 11.6 Å². The summed E-state index contributed by atoms with van der Waals surface area (Å²) in [6.07, 6.45) is 5.78. The number of carbonyl (C=O) groups is 2. The van der Waals surface area contributed by atoms with Crippen molar-refractivity contribution in [3.05, 3.63) is 40.4 Å². The number of hydrogen-bond acceptors (Lipinski definition) is 5. The van der Waals surface area contributed by atoms with Gasteiger partial charge in [0.2, 0.25) is 11.0 Å². The lowest BCUT2D eigenvalue weighted by molar-refractivity contribution is -0.122. The van der Waals surface area contributed by atoms with E-state index >= 15 is 0 Å². The van der Waals surface area contributed by atoms with Gasteiger partial charge in [-0.1, -0.05) is 55.7 Å². The van der Waals surface area contributed by atoms with Crippen molar-refractivity contribution in [1.82, 2.24) is 15.1 Å². The zero-order valence-electron chi connectivity index (χ0n) is 17.3. The molecule has 2 atom stereocenters. The van der Waals surface area contributed by atoms with Crippen LogP contribution in [-0.4, -0.2) is 38.5 Å². The van der Waals surface area contributed by atoms with Crippen LogP contribution in [0.3, 0.4) is 0 Å². The fraction of sp³-hybridized carbons (Fsp3) is 0.545. The van der Waals surface area contributed by atoms with Crippen LogP contribution in [0.4, 0.5) is 5.13 Å². The SMILES string of the molecule is CC[C@@H](C)N1C(=O)c2ccccc2[C@@H](C(=O)Nc2nnc(C)s2)C12CCCCC2. The zero-order valence-corrected chi connectivity index (χ0v) is 18.1. The first-order chi connectivity index (χ1) is 14.0. The topological polar surface area (TPSA) is 75.2 Å². The second-order valence-electron chi connectivity index (χ2n) is 8.23. The fourth-order valence-corrected chi connectivity index (χ4v) is 5.72. The highest BCUT2D eigenvalue weighted by molar-refractivity contribution is 7.15. The van der Waals surface area contributed by atoms with E-state index in [1.54, 1.807) is 0 Å². The third-order valence-electron chi connectivity index (χ3n) is 6.51. The predicted molar refractivity (Wildman–Crippen MR) is 114 cm³/mol. The number of anilines is 1. The maximum atomic E-state index is 13.7. The van der Waals surface area contributed by atoms with Crippen molar-refractivity contribution in [1.29, 1.82) is 0 Å². The smallest absolute Gasteiger partial charge is 0.254 e. The Balaban J connectivity index is 1.85. The summed E-state index contributed by atoms with van der Waals surface area (Å²) >= 11 is 1.37. The van der Waals surface area contributed by atoms with Gasteiger partial charge < -0.3 is 4.90 Å². The zero-order chi connectivity index (χ0) is 20.6. The molecule has 1 fully saturated rings. The summed E-state index contributed by atoms with van der Waals surface area (Å²) in [5.41, 5.74) is 1.01. The summed E-state index contributed by atoms with van der Waals surface area (Å²) in [7, 11) is 0. The van der Waals surface area contributed by atoms with Crippen molar-refractivity contribution >= 4 is 28.3 Å². The monoisotopic (exact) mass is 412 g/mol. The average molecular weight is 413 g/mol. The van der Waals surface area contributed by atoms with E-state index in [2.05, 4.69) is 29.4 Å². The number of nitrogens with zero attached hydrogens (tertiary/aromatic N) is 3. The first-order valence-electron chi connectivity index (χ1n) is 10.5. The lowest BCUT2D eigenvalue weighted by Crippen LogP contribution is -2.64. The highest BCUT2D eigenvalue weighted by Gasteiger charge is 2.55. The van der Waals surface area contributed by atoms with Crippen molar-refractivity contribution in [2.75, 3.05) is 5.32 Å². The Hall–Kier alpha value is -2.28. The van der Waals surface area contributed by atoms with Gasteiger partial charge in [0.1, 0.15) is 5.01 Å². The standard InChI is InChI=1S/C22H28N4O2S/c1-4-14(2)26-20(28)17-11-7-6-10-16(17)18(22(26)12-8-5-9-13-22)19(27)23-21-25-24-15(3)29-21/h6-7,10-11,14,18H,4-5,8-9,12-13H2,1-3H3,(H,23,25,27)/t14-,18+/m1/s1. The van der Waals surface area contributed by atoms with Gasteiger partial charge in [-0.15, -0.1) is 10.2 Å². The first-order valence-corrected chi connectivity index (χ1v) is 11.3. The fourth-order valence-electron chi connectivity index (χ4n) is 5.13. The summed E-state index contributed by atoms with van der Waals surface area (Å²) in [5, 5.41) is 12.4. The Morgan fingerprint density at radius 3 is 2.66 bits per heavy atom. The number of fused-ring (bicyclic) bond motifs is 1. The molecule has 0 saturated heterocycles. The van der Waals surface area contributed by atoms with Crippen LogP contribution in [-0.2, 0) is 4.79 Å². The van der Waals surface area contributed by atoms with E-state index in [0.717, 1.165) is 49.1 Å². The van der Waals surface area contributed by atoms with E-state index < -0.39 is 11.5 Å². The number of carbonyl (C=O) groups excluding carboxylic acids is 2. The second-order valence-corrected chi connectivity index (χ2v) is 9.41. The Bertz CT molecular complexity index is 919. The third-order valence-corrected chi connectivity index (χ3v) is 7.26. The van der Waals surface area contributed by atoms with Crippen LogP contribution in [0, 0.1) is 6.92 Å². The number of amides is 2. The van der Waals surface area contributed by atoms with E-state index in [1.807, 2.05) is 36.1 Å². The molecule has 1 aliphatic carbocycles. The molecular formula is C22H28N4O2S. The molecule has 0 radical (unpaired) electrons. The molecule has 1 spiro atoms. The van der Waals surface area contributed by atoms with E-state index in [-0.39, 0.29) is 17.9 Å². The molecule has 154 valence electrons. The largest absolute Gasteiger partial charge is 0.329 e. The molecule has 0 unspecified atom stereocenters. The maximum Gasteiger partial charge on any atom is 0.254 e. The van der Waals surface area contributed by atoms with Gasteiger partial charge in [0.05, 0.1) is 11.5 Å². The molecule has 1 N–H and O–H groups in total. The highest BCUT2D eigenvalue weighted by Crippen LogP contribution is 2.50. The van der Waals surface area contributed by atoms with Crippen LogP contribution in [0.5, 0.6) is 0 Å². The quantitative estimate of drug-likeness (QED) is 0.801. The molecule has 29 heavy (non-hydrogen) atoms. The molecule has 2 heterocycles. The van der Waals surface area contributed by atoms with Crippen molar-refractivity contribution in [2.45, 2.75) is 76.8 Å². The number of hydrogen-bond donors (Lipinski definition) is 1. The molecule has 1 aromatic carbocycles. The van der Waals surface area contributed by atoms with Crippen LogP contribution < -0.4 is 5.32 Å². The molecular weight excluding hydrogens is 384 g/mol. The Morgan fingerprint density at radius 2 is 2.00 bits per heavy atom. The average Bonchev–Trinajstić information content (AvgIpc) is 3.13. The molecule has 1 aliphatic heterocycles. The molecule has 4 rings (SSSR count). The molecule has 1 aromatic heterocycles. The second kappa shape index (κ2) is 7.86. The number of aryl methyl sites for hydroxylation is 1. The molecule has 0 bridgehead atoms. The van der Waals surface area contributed by atoms with Gasteiger partial charge in [0.15, 0.2) is 0 Å². The molecule has 6 nitrogen and oxygen atoms in total. The Morgan fingerprint density at radius 1 is 1.28 bits per heavy atom. The summed E-state index contributed by atoms with van der Waals surface area (Å²) in [5.74, 6) is -0.432. The third kappa shape index (κ3) is 3.35. The van der Waals surface area contributed by atoms with E-state index in [0.29, 0.717) is 10.7 Å². The first kappa shape index (κ1) is 20.0. The maximum absolute atomic E-state index is 13.7. The Labute approximate surface area is 175 Å². The summed E-state index contributed by atoms with van der Waals surface area (Å²) in [6, 6.07) is 7.70. The van der Waals surface area contributed by atoms with E-state index in [4.69, 9.17) is 0 Å². The van der Waals surface area contributed by atoms with Gasteiger partial charge in [0.25, 0.3) is 5.91 Å². The van der Waals surface area contributed by atoms with Crippen LogP contribution in [0.15, 0.2) is 24.3 Å². The molecule has 2 aliphatic rings. The summed E-state index contributed by atoms with van der Waals surface area (Å²) in [4.78, 5) is 29.3. The highest BCUT2D eigenvalue weighted by atomic mass is 32.1. The number of benzene rings is 1. The Kier molecular flexibility index (Phi) is 5.42. The van der Waals surface area contributed by atoms with Crippen LogP contribution in [0.1, 0.15) is 79.2 Å². The molecule has 2 aromatic rings. The van der Waals surface area contributed by atoms with Crippen molar-refractivity contribution in [2.24, 2.45) is 0 Å².